The summed E-state index contributed by atoms with van der Waals surface area (Å²) in [4.78, 5) is 19.8. The lowest BCUT2D eigenvalue weighted by Gasteiger charge is -2.31. The number of carbonyl (C=O) groups is 1. The molecule has 1 aromatic rings. The van der Waals surface area contributed by atoms with Gasteiger partial charge in [0.15, 0.2) is 0 Å². The smallest absolute Gasteiger partial charge is 0.236 e. The predicted octanol–water partition coefficient (Wildman–Crippen LogP) is 1.15. The molecule has 0 bridgehead atoms. The maximum Gasteiger partial charge on any atom is 0.236 e. The molecule has 1 saturated heterocycles. The van der Waals surface area contributed by atoms with E-state index in [4.69, 9.17) is 11.6 Å². The van der Waals surface area contributed by atoms with Gasteiger partial charge in [0.1, 0.15) is 0 Å². The Morgan fingerprint density at radius 1 is 1.55 bits per heavy atom. The van der Waals surface area contributed by atoms with Crippen molar-refractivity contribution in [2.75, 3.05) is 26.7 Å². The number of carbonyl (C=O) groups excluding carboxylic acids is 1. The average molecular weight is 298 g/mol. The molecule has 20 heavy (non-hydrogen) atoms. The molecule has 5 nitrogen and oxygen atoms in total. The second-order valence-electron chi connectivity index (χ2n) is 5.25. The number of aliphatic hydroxyl groups excluding tert-OH is 1. The third-order valence-corrected chi connectivity index (χ3v) is 3.86. The van der Waals surface area contributed by atoms with Gasteiger partial charge in [-0.1, -0.05) is 11.6 Å². The van der Waals surface area contributed by atoms with E-state index in [0.717, 1.165) is 5.56 Å². The largest absolute Gasteiger partial charge is 0.393 e. The second kappa shape index (κ2) is 7.02. The average Bonchev–Trinajstić information content (AvgIpc) is 2.42. The van der Waals surface area contributed by atoms with Crippen molar-refractivity contribution in [3.8, 4) is 0 Å². The topological polar surface area (TPSA) is 56.7 Å². The van der Waals surface area contributed by atoms with Gasteiger partial charge in [0.2, 0.25) is 5.91 Å². The molecule has 1 aliphatic rings. The van der Waals surface area contributed by atoms with Crippen molar-refractivity contribution in [2.24, 2.45) is 0 Å². The van der Waals surface area contributed by atoms with E-state index in [1.165, 1.54) is 0 Å². The highest BCUT2D eigenvalue weighted by Crippen LogP contribution is 2.15. The Hall–Kier alpha value is -1.17. The summed E-state index contributed by atoms with van der Waals surface area (Å²) in [6, 6.07) is 1.86. The van der Waals surface area contributed by atoms with Crippen molar-refractivity contribution in [1.29, 1.82) is 0 Å². The van der Waals surface area contributed by atoms with Crippen molar-refractivity contribution in [1.82, 2.24) is 14.8 Å². The van der Waals surface area contributed by atoms with Crippen LogP contribution in [0.3, 0.4) is 0 Å². The molecule has 0 spiro atoms. The Kier molecular flexibility index (Phi) is 5.34. The fourth-order valence-corrected chi connectivity index (χ4v) is 2.50. The Bertz CT molecular complexity index is 461. The number of hydrogen-bond donors (Lipinski definition) is 1. The molecule has 2 heterocycles. The van der Waals surface area contributed by atoms with Crippen LogP contribution in [0.4, 0.5) is 0 Å². The first kappa shape index (κ1) is 15.2. The van der Waals surface area contributed by atoms with Crippen LogP contribution in [0.1, 0.15) is 18.4 Å². The third kappa shape index (κ3) is 4.16. The number of halogens is 1. The van der Waals surface area contributed by atoms with E-state index in [0.29, 0.717) is 44.0 Å². The first-order valence-electron chi connectivity index (χ1n) is 6.79. The number of likely N-dealkylation sites (tertiary alicyclic amines) is 1. The Morgan fingerprint density at radius 2 is 2.25 bits per heavy atom. The summed E-state index contributed by atoms with van der Waals surface area (Å²) >= 11 is 6.06. The highest BCUT2D eigenvalue weighted by Gasteiger charge is 2.22. The van der Waals surface area contributed by atoms with Crippen molar-refractivity contribution >= 4 is 17.5 Å². The van der Waals surface area contributed by atoms with Crippen LogP contribution in [0.5, 0.6) is 0 Å². The highest BCUT2D eigenvalue weighted by atomic mass is 35.5. The summed E-state index contributed by atoms with van der Waals surface area (Å²) in [5.41, 5.74) is 0.964. The molecule has 1 aliphatic heterocycles. The van der Waals surface area contributed by atoms with Crippen LogP contribution >= 0.6 is 11.6 Å². The first-order chi connectivity index (χ1) is 9.56. The molecule has 0 atom stereocenters. The van der Waals surface area contributed by atoms with E-state index in [2.05, 4.69) is 4.98 Å². The fraction of sp³-hybridized carbons (Fsp3) is 0.571. The van der Waals surface area contributed by atoms with Crippen LogP contribution < -0.4 is 0 Å². The lowest BCUT2D eigenvalue weighted by atomic mass is 10.1. The molecule has 0 unspecified atom stereocenters. The van der Waals surface area contributed by atoms with Gasteiger partial charge in [-0.05, 0) is 31.5 Å². The summed E-state index contributed by atoms with van der Waals surface area (Å²) in [5, 5.41) is 10.1. The van der Waals surface area contributed by atoms with Gasteiger partial charge in [0.05, 0.1) is 17.7 Å². The molecule has 1 aromatic heterocycles. The minimum atomic E-state index is -0.257. The lowest BCUT2D eigenvalue weighted by Crippen LogP contribution is -2.44. The van der Waals surface area contributed by atoms with Gasteiger partial charge in [-0.2, -0.15) is 0 Å². The zero-order valence-corrected chi connectivity index (χ0v) is 12.4. The number of aromatic nitrogens is 1. The predicted molar refractivity (Wildman–Crippen MR) is 77.4 cm³/mol. The van der Waals surface area contributed by atoms with Gasteiger partial charge in [-0.15, -0.1) is 0 Å². The summed E-state index contributed by atoms with van der Waals surface area (Å²) < 4.78 is 0. The van der Waals surface area contributed by atoms with E-state index in [9.17, 15) is 9.90 Å². The molecule has 6 heteroatoms. The summed E-state index contributed by atoms with van der Waals surface area (Å²) in [6.07, 6.45) is 4.39. The van der Waals surface area contributed by atoms with Crippen molar-refractivity contribution in [2.45, 2.75) is 25.5 Å². The number of amides is 1. The second-order valence-corrected chi connectivity index (χ2v) is 5.66. The number of pyridine rings is 1. The molecule has 1 amide bonds. The summed E-state index contributed by atoms with van der Waals surface area (Å²) in [7, 11) is 1.90. The van der Waals surface area contributed by atoms with Gasteiger partial charge in [0.25, 0.3) is 0 Å². The van der Waals surface area contributed by atoms with E-state index < -0.39 is 0 Å². The minimum Gasteiger partial charge on any atom is -0.393 e. The fourth-order valence-electron chi connectivity index (χ4n) is 2.33. The van der Waals surface area contributed by atoms with Crippen LogP contribution in [-0.2, 0) is 11.3 Å². The van der Waals surface area contributed by atoms with Gasteiger partial charge in [-0.25, -0.2) is 0 Å². The maximum absolute atomic E-state index is 12.1. The van der Waals surface area contributed by atoms with Gasteiger partial charge in [0, 0.05) is 32.0 Å². The van der Waals surface area contributed by atoms with E-state index in [1.54, 1.807) is 12.4 Å². The normalized spacial score (nSPS) is 16.7. The minimum absolute atomic E-state index is 0.101. The zero-order chi connectivity index (χ0) is 14.5. The zero-order valence-electron chi connectivity index (χ0n) is 11.6. The van der Waals surface area contributed by atoms with E-state index in [1.807, 2.05) is 22.9 Å². The number of aliphatic hydroxyl groups is 1. The molecule has 110 valence electrons. The van der Waals surface area contributed by atoms with Crippen LogP contribution in [-0.4, -0.2) is 58.6 Å². The van der Waals surface area contributed by atoms with Gasteiger partial charge < -0.3 is 10.0 Å². The Morgan fingerprint density at radius 3 is 2.90 bits per heavy atom. The molecular formula is C14H20ClN3O2. The van der Waals surface area contributed by atoms with Gasteiger partial charge in [-0.3, -0.25) is 14.7 Å². The van der Waals surface area contributed by atoms with Crippen LogP contribution in [0.15, 0.2) is 18.5 Å². The number of likely N-dealkylation sites (N-methyl/N-ethyl adjacent to an activating group) is 1. The van der Waals surface area contributed by atoms with Crippen molar-refractivity contribution in [3.05, 3.63) is 29.0 Å². The molecule has 0 saturated carbocycles. The third-order valence-electron chi connectivity index (χ3n) is 3.52. The van der Waals surface area contributed by atoms with E-state index in [-0.39, 0.29) is 12.0 Å². The molecule has 0 aliphatic carbocycles. The number of nitrogens with zero attached hydrogens (tertiary/aromatic N) is 3. The molecule has 2 rings (SSSR count). The van der Waals surface area contributed by atoms with Gasteiger partial charge >= 0.3 is 0 Å². The molecule has 0 aromatic carbocycles. The molecule has 1 fully saturated rings. The SMILES string of the molecule is CN(CC(=O)N1CCC(O)CC1)Cc1ccncc1Cl. The Balaban J connectivity index is 1.83. The molecule has 0 radical (unpaired) electrons. The van der Waals surface area contributed by atoms with Crippen LogP contribution in [0.25, 0.3) is 0 Å². The number of rotatable bonds is 4. The van der Waals surface area contributed by atoms with Crippen LogP contribution in [0, 0.1) is 0 Å². The summed E-state index contributed by atoms with van der Waals surface area (Å²) in [5.74, 6) is 0.101. The standard InChI is InChI=1S/C14H20ClN3O2/c1-17(9-11-2-5-16-8-13(11)15)10-14(20)18-6-3-12(19)4-7-18/h2,5,8,12,19H,3-4,6-7,9-10H2,1H3. The highest BCUT2D eigenvalue weighted by molar-refractivity contribution is 6.31. The lowest BCUT2D eigenvalue weighted by molar-refractivity contribution is -0.134. The quantitative estimate of drug-likeness (QED) is 0.906. The first-order valence-corrected chi connectivity index (χ1v) is 7.17. The molecular weight excluding hydrogens is 278 g/mol. The monoisotopic (exact) mass is 297 g/mol. The number of hydrogen-bond acceptors (Lipinski definition) is 4. The van der Waals surface area contributed by atoms with Crippen LogP contribution in [0.2, 0.25) is 5.02 Å². The maximum atomic E-state index is 12.1. The Labute approximate surface area is 124 Å². The van der Waals surface area contributed by atoms with Crippen molar-refractivity contribution in [3.63, 3.8) is 0 Å². The number of piperidine rings is 1. The summed E-state index contributed by atoms with van der Waals surface area (Å²) in [6.45, 7) is 2.26. The van der Waals surface area contributed by atoms with Crippen molar-refractivity contribution < 1.29 is 9.90 Å². The molecule has 1 N–H and O–H groups in total. The van der Waals surface area contributed by atoms with E-state index >= 15 is 0 Å².